The molecule has 4 rings (SSSR count). The van der Waals surface area contributed by atoms with Crippen LogP contribution in [0.1, 0.15) is 5.56 Å². The van der Waals surface area contributed by atoms with Crippen molar-refractivity contribution in [2.75, 3.05) is 31.1 Å². The van der Waals surface area contributed by atoms with Gasteiger partial charge in [0.25, 0.3) is 5.69 Å². The van der Waals surface area contributed by atoms with E-state index in [1.54, 1.807) is 28.8 Å². The molecule has 1 amide bonds. The van der Waals surface area contributed by atoms with E-state index >= 15 is 0 Å². The number of carbonyl (C=O) groups excluding carboxylic acids is 1. The standard InChI is InChI=1S/C17H18N8O3/c1-22-16-15(20-21-22)17(19-11-18-16)24-8-6-23(7-9-24)14(26)10-12-2-4-13(5-3-12)25(27)28/h2-5,11H,6-10H2,1H3. The zero-order chi connectivity index (χ0) is 19.7. The molecule has 0 unspecified atom stereocenters. The molecule has 0 saturated carbocycles. The first kappa shape index (κ1) is 17.8. The van der Waals surface area contributed by atoms with Gasteiger partial charge in [0.05, 0.1) is 11.3 Å². The maximum absolute atomic E-state index is 12.6. The van der Waals surface area contributed by atoms with Crippen LogP contribution in [0.2, 0.25) is 0 Å². The molecule has 3 heterocycles. The lowest BCUT2D eigenvalue weighted by atomic mass is 10.1. The first-order valence-corrected chi connectivity index (χ1v) is 8.79. The van der Waals surface area contributed by atoms with Gasteiger partial charge in [-0.05, 0) is 5.56 Å². The molecule has 1 fully saturated rings. The number of nitrogens with zero attached hydrogens (tertiary/aromatic N) is 8. The Morgan fingerprint density at radius 2 is 1.86 bits per heavy atom. The lowest BCUT2D eigenvalue weighted by molar-refractivity contribution is -0.384. The second-order valence-electron chi connectivity index (χ2n) is 6.55. The van der Waals surface area contributed by atoms with Gasteiger partial charge in [-0.2, -0.15) is 0 Å². The molecule has 1 aliphatic rings. The topological polar surface area (TPSA) is 123 Å². The number of nitro benzene ring substituents is 1. The van der Waals surface area contributed by atoms with Gasteiger partial charge >= 0.3 is 0 Å². The number of fused-ring (bicyclic) bond motifs is 1. The fourth-order valence-corrected chi connectivity index (χ4v) is 3.26. The average molecular weight is 382 g/mol. The maximum Gasteiger partial charge on any atom is 0.269 e. The van der Waals surface area contributed by atoms with Gasteiger partial charge in [-0.3, -0.25) is 14.9 Å². The first-order chi connectivity index (χ1) is 13.5. The summed E-state index contributed by atoms with van der Waals surface area (Å²) in [5, 5.41) is 18.8. The molecule has 0 spiro atoms. The molecular formula is C17H18N8O3. The van der Waals surface area contributed by atoms with Gasteiger partial charge in [0.1, 0.15) is 6.33 Å². The van der Waals surface area contributed by atoms with E-state index in [2.05, 4.69) is 25.2 Å². The fourth-order valence-electron chi connectivity index (χ4n) is 3.26. The highest BCUT2D eigenvalue weighted by Crippen LogP contribution is 2.21. The Labute approximate surface area is 159 Å². The Hall–Kier alpha value is -3.63. The molecule has 0 N–H and O–H groups in total. The van der Waals surface area contributed by atoms with Gasteiger partial charge in [0.15, 0.2) is 17.0 Å². The summed E-state index contributed by atoms with van der Waals surface area (Å²) < 4.78 is 1.60. The summed E-state index contributed by atoms with van der Waals surface area (Å²) in [5.74, 6) is 0.724. The number of nitro groups is 1. The highest BCUT2D eigenvalue weighted by atomic mass is 16.6. The predicted molar refractivity (Wildman–Crippen MR) is 99.7 cm³/mol. The molecule has 3 aromatic rings. The summed E-state index contributed by atoms with van der Waals surface area (Å²) in [5.41, 5.74) is 2.09. The van der Waals surface area contributed by atoms with Crippen molar-refractivity contribution < 1.29 is 9.72 Å². The predicted octanol–water partition coefficient (Wildman–Crippen LogP) is 0.558. The van der Waals surface area contributed by atoms with Crippen LogP contribution in [0.25, 0.3) is 11.2 Å². The molecule has 0 bridgehead atoms. The second-order valence-corrected chi connectivity index (χ2v) is 6.55. The summed E-state index contributed by atoms with van der Waals surface area (Å²) >= 11 is 0. The molecule has 0 aliphatic carbocycles. The molecule has 0 atom stereocenters. The van der Waals surface area contributed by atoms with Gasteiger partial charge in [-0.15, -0.1) is 5.10 Å². The van der Waals surface area contributed by atoms with Crippen LogP contribution >= 0.6 is 0 Å². The average Bonchev–Trinajstić information content (AvgIpc) is 3.10. The number of piperazine rings is 1. The lowest BCUT2D eigenvalue weighted by Crippen LogP contribution is -2.49. The van der Waals surface area contributed by atoms with E-state index in [1.807, 2.05) is 0 Å². The van der Waals surface area contributed by atoms with Crippen molar-refractivity contribution >= 4 is 28.6 Å². The monoisotopic (exact) mass is 382 g/mol. The summed E-state index contributed by atoms with van der Waals surface area (Å²) in [6.07, 6.45) is 1.72. The molecule has 144 valence electrons. The molecule has 1 saturated heterocycles. The normalized spacial score (nSPS) is 14.5. The molecular weight excluding hydrogens is 364 g/mol. The van der Waals surface area contributed by atoms with Gasteiger partial charge in [-0.1, -0.05) is 17.3 Å². The van der Waals surface area contributed by atoms with E-state index in [1.165, 1.54) is 18.5 Å². The molecule has 0 radical (unpaired) electrons. The van der Waals surface area contributed by atoms with E-state index in [0.717, 1.165) is 11.4 Å². The van der Waals surface area contributed by atoms with Gasteiger partial charge in [-0.25, -0.2) is 14.6 Å². The quantitative estimate of drug-likeness (QED) is 0.474. The maximum atomic E-state index is 12.6. The molecule has 11 nitrogen and oxygen atoms in total. The second kappa shape index (κ2) is 7.18. The molecule has 2 aromatic heterocycles. The lowest BCUT2D eigenvalue weighted by Gasteiger charge is -2.35. The highest BCUT2D eigenvalue weighted by Gasteiger charge is 2.24. The van der Waals surface area contributed by atoms with Crippen LogP contribution in [-0.4, -0.2) is 66.9 Å². The summed E-state index contributed by atoms with van der Waals surface area (Å²) in [4.78, 5) is 35.3. The number of hydrogen-bond acceptors (Lipinski definition) is 8. The number of non-ortho nitro benzene ring substituents is 1. The number of benzene rings is 1. The Morgan fingerprint density at radius 3 is 2.54 bits per heavy atom. The highest BCUT2D eigenvalue weighted by molar-refractivity contribution is 5.83. The Morgan fingerprint density at radius 1 is 1.14 bits per heavy atom. The third-order valence-electron chi connectivity index (χ3n) is 4.80. The molecule has 11 heteroatoms. The van der Waals surface area contributed by atoms with E-state index in [-0.39, 0.29) is 18.0 Å². The van der Waals surface area contributed by atoms with Crippen molar-refractivity contribution in [3.05, 3.63) is 46.3 Å². The van der Waals surface area contributed by atoms with Crippen LogP contribution in [-0.2, 0) is 18.3 Å². The van der Waals surface area contributed by atoms with Crippen LogP contribution in [0.5, 0.6) is 0 Å². The number of hydrogen-bond donors (Lipinski definition) is 0. The summed E-state index contributed by atoms with van der Waals surface area (Å²) in [6.45, 7) is 2.40. The minimum atomic E-state index is -0.452. The van der Waals surface area contributed by atoms with Crippen LogP contribution in [0.15, 0.2) is 30.6 Å². The van der Waals surface area contributed by atoms with Crippen molar-refractivity contribution in [3.63, 3.8) is 0 Å². The van der Waals surface area contributed by atoms with E-state index in [4.69, 9.17) is 0 Å². The fraction of sp³-hybridized carbons (Fsp3) is 0.353. The van der Waals surface area contributed by atoms with Crippen molar-refractivity contribution in [3.8, 4) is 0 Å². The van der Waals surface area contributed by atoms with Gasteiger partial charge in [0.2, 0.25) is 5.91 Å². The van der Waals surface area contributed by atoms with E-state index < -0.39 is 4.92 Å². The number of carbonyl (C=O) groups is 1. The summed E-state index contributed by atoms with van der Waals surface area (Å²) in [6, 6.07) is 6.08. The van der Waals surface area contributed by atoms with E-state index in [9.17, 15) is 14.9 Å². The smallest absolute Gasteiger partial charge is 0.269 e. The number of amides is 1. The first-order valence-electron chi connectivity index (χ1n) is 8.79. The zero-order valence-corrected chi connectivity index (χ0v) is 15.2. The minimum Gasteiger partial charge on any atom is -0.351 e. The van der Waals surface area contributed by atoms with Crippen LogP contribution in [0.4, 0.5) is 11.5 Å². The van der Waals surface area contributed by atoms with Gasteiger partial charge in [0, 0.05) is 45.4 Å². The largest absolute Gasteiger partial charge is 0.351 e. The summed E-state index contributed by atoms with van der Waals surface area (Å²) in [7, 11) is 1.78. The van der Waals surface area contributed by atoms with E-state index in [0.29, 0.717) is 37.3 Å². The Bertz CT molecular complexity index is 1020. The SMILES string of the molecule is Cn1nnc2c(N3CCN(C(=O)Cc4ccc([N+](=O)[O-])cc4)CC3)ncnc21. The molecule has 1 aromatic carbocycles. The molecule has 1 aliphatic heterocycles. The van der Waals surface area contributed by atoms with Crippen LogP contribution in [0.3, 0.4) is 0 Å². The minimum absolute atomic E-state index is 0.000778. The third kappa shape index (κ3) is 3.33. The van der Waals surface area contributed by atoms with Gasteiger partial charge < -0.3 is 9.80 Å². The van der Waals surface area contributed by atoms with Crippen molar-refractivity contribution in [1.82, 2.24) is 29.9 Å². The van der Waals surface area contributed by atoms with Crippen LogP contribution < -0.4 is 4.90 Å². The third-order valence-corrected chi connectivity index (χ3v) is 4.80. The number of aromatic nitrogens is 5. The Kier molecular flexibility index (Phi) is 4.55. The molecule has 28 heavy (non-hydrogen) atoms. The van der Waals surface area contributed by atoms with Crippen molar-refractivity contribution in [2.24, 2.45) is 7.05 Å². The van der Waals surface area contributed by atoms with Crippen molar-refractivity contribution in [1.29, 1.82) is 0 Å². The van der Waals surface area contributed by atoms with Crippen LogP contribution in [0, 0.1) is 10.1 Å². The number of rotatable bonds is 4. The Balaban J connectivity index is 1.39. The number of anilines is 1. The zero-order valence-electron chi connectivity index (χ0n) is 15.2. The van der Waals surface area contributed by atoms with Crippen molar-refractivity contribution in [2.45, 2.75) is 6.42 Å². The number of aryl methyl sites for hydroxylation is 1.